The molecular weight excluding hydrogens is 348 g/mol. The number of allylic oxidation sites excluding steroid dienone is 3. The molecule has 4 rings (SSSR count). The lowest BCUT2D eigenvalue weighted by Crippen LogP contribution is -2.36. The Labute approximate surface area is 159 Å². The van der Waals surface area contributed by atoms with Gasteiger partial charge in [0.25, 0.3) is 0 Å². The van der Waals surface area contributed by atoms with Crippen LogP contribution < -0.4 is 5.32 Å². The summed E-state index contributed by atoms with van der Waals surface area (Å²) < 4.78 is 2.28. The molecule has 2 nitrogen and oxygen atoms in total. The van der Waals surface area contributed by atoms with Crippen LogP contribution in [0, 0.1) is 12.3 Å². The van der Waals surface area contributed by atoms with Crippen LogP contribution in [-0.4, -0.2) is 11.1 Å². The molecule has 2 aromatic rings. The molecule has 0 bridgehead atoms. The predicted molar refractivity (Wildman–Crippen MR) is 109 cm³/mol. The van der Waals surface area contributed by atoms with Gasteiger partial charge in [0.15, 0.2) is 0 Å². The molecule has 1 N–H and O–H groups in total. The monoisotopic (exact) mass is 372 g/mol. The first-order chi connectivity index (χ1) is 11.8. The summed E-state index contributed by atoms with van der Waals surface area (Å²) in [6.45, 7) is 11.0. The number of aryl methyl sites for hydroxylation is 1. The van der Waals surface area contributed by atoms with Crippen molar-refractivity contribution in [2.45, 2.75) is 46.7 Å². The topological polar surface area (TPSA) is 17.0 Å². The highest BCUT2D eigenvalue weighted by Crippen LogP contribution is 2.43. The summed E-state index contributed by atoms with van der Waals surface area (Å²) in [6, 6.07) is 4.89. The zero-order valence-corrected chi connectivity index (χ0v) is 16.9. The highest BCUT2D eigenvalue weighted by atomic mass is 35.5. The summed E-state index contributed by atoms with van der Waals surface area (Å²) in [7, 11) is 0. The fourth-order valence-electron chi connectivity index (χ4n) is 3.84. The second-order valence-corrected chi connectivity index (χ2v) is 9.62. The first kappa shape index (κ1) is 17.1. The van der Waals surface area contributed by atoms with Gasteiger partial charge in [-0.1, -0.05) is 44.5 Å². The van der Waals surface area contributed by atoms with Gasteiger partial charge in [0.1, 0.15) is 0 Å². The first-order valence-electron chi connectivity index (χ1n) is 8.95. The number of rotatable bonds is 1. The van der Waals surface area contributed by atoms with Gasteiger partial charge in [0, 0.05) is 28.0 Å². The van der Waals surface area contributed by atoms with Gasteiger partial charge in [-0.15, -0.1) is 11.3 Å². The molecule has 1 atom stereocenters. The summed E-state index contributed by atoms with van der Waals surface area (Å²) in [4.78, 5) is 2.89. The predicted octanol–water partition coefficient (Wildman–Crippen LogP) is 5.85. The fraction of sp³-hybridized carbons (Fsp3) is 0.429. The molecule has 1 unspecified atom stereocenters. The SMILES string of the molecule is Cc1cc(Cl)c2n1CC=C(c1cc3c(s1)C(C(C)(C)C)NCC3)C=C2. The number of nitrogens with zero attached hydrogens (tertiary/aromatic N) is 1. The molecule has 0 spiro atoms. The van der Waals surface area contributed by atoms with Crippen LogP contribution in [0.15, 0.2) is 24.3 Å². The molecule has 0 amide bonds. The molecule has 0 aliphatic carbocycles. The highest BCUT2D eigenvalue weighted by molar-refractivity contribution is 7.13. The number of halogens is 1. The molecule has 0 saturated carbocycles. The van der Waals surface area contributed by atoms with Gasteiger partial charge < -0.3 is 9.88 Å². The molecule has 2 aliphatic rings. The van der Waals surface area contributed by atoms with Crippen molar-refractivity contribution in [1.29, 1.82) is 0 Å². The Hall–Kier alpha value is -1.29. The van der Waals surface area contributed by atoms with Gasteiger partial charge in [0.05, 0.1) is 10.7 Å². The molecule has 2 aliphatic heterocycles. The van der Waals surface area contributed by atoms with Crippen LogP contribution in [0.4, 0.5) is 0 Å². The van der Waals surface area contributed by atoms with Crippen LogP contribution in [-0.2, 0) is 13.0 Å². The van der Waals surface area contributed by atoms with E-state index >= 15 is 0 Å². The van der Waals surface area contributed by atoms with E-state index < -0.39 is 0 Å². The van der Waals surface area contributed by atoms with Gasteiger partial charge in [-0.05, 0) is 54.6 Å². The maximum atomic E-state index is 6.38. The van der Waals surface area contributed by atoms with Gasteiger partial charge in [-0.3, -0.25) is 0 Å². The van der Waals surface area contributed by atoms with E-state index in [-0.39, 0.29) is 5.41 Å². The third kappa shape index (κ3) is 3.03. The molecule has 4 heteroatoms. The van der Waals surface area contributed by atoms with Crippen molar-refractivity contribution in [3.8, 4) is 0 Å². The summed E-state index contributed by atoms with van der Waals surface area (Å²) in [6.07, 6.45) is 7.83. The van der Waals surface area contributed by atoms with E-state index in [2.05, 4.69) is 61.9 Å². The van der Waals surface area contributed by atoms with E-state index in [1.807, 2.05) is 17.4 Å². The molecule has 25 heavy (non-hydrogen) atoms. The Morgan fingerprint density at radius 2 is 2.04 bits per heavy atom. The van der Waals surface area contributed by atoms with Crippen molar-refractivity contribution < 1.29 is 0 Å². The van der Waals surface area contributed by atoms with Crippen LogP contribution in [0.2, 0.25) is 5.02 Å². The van der Waals surface area contributed by atoms with E-state index in [0.717, 1.165) is 30.2 Å². The minimum absolute atomic E-state index is 0.230. The van der Waals surface area contributed by atoms with Crippen molar-refractivity contribution in [2.75, 3.05) is 6.54 Å². The molecule has 0 radical (unpaired) electrons. The number of fused-ring (bicyclic) bond motifs is 2. The maximum absolute atomic E-state index is 6.38. The summed E-state index contributed by atoms with van der Waals surface area (Å²) >= 11 is 8.33. The Kier molecular flexibility index (Phi) is 4.22. The van der Waals surface area contributed by atoms with Crippen molar-refractivity contribution in [3.05, 3.63) is 56.0 Å². The van der Waals surface area contributed by atoms with Crippen molar-refractivity contribution in [2.24, 2.45) is 5.41 Å². The number of nitrogens with one attached hydrogen (secondary N) is 1. The zero-order valence-electron chi connectivity index (χ0n) is 15.3. The lowest BCUT2D eigenvalue weighted by atomic mass is 9.82. The first-order valence-corrected chi connectivity index (χ1v) is 10.1. The quantitative estimate of drug-likeness (QED) is 0.663. The van der Waals surface area contributed by atoms with E-state index in [4.69, 9.17) is 11.6 Å². The maximum Gasteiger partial charge on any atom is 0.0660 e. The summed E-state index contributed by atoms with van der Waals surface area (Å²) in [5, 5.41) is 4.56. The van der Waals surface area contributed by atoms with Gasteiger partial charge in [-0.2, -0.15) is 0 Å². The Morgan fingerprint density at radius 1 is 1.24 bits per heavy atom. The van der Waals surface area contributed by atoms with Crippen LogP contribution in [0.5, 0.6) is 0 Å². The molecular formula is C21H25ClN2S. The number of aromatic nitrogens is 1. The zero-order chi connectivity index (χ0) is 17.8. The Morgan fingerprint density at radius 3 is 2.80 bits per heavy atom. The standard InChI is InChI=1S/C21H25ClN2S/c1-13-11-16(22)17-6-5-14(8-10-24(13)17)18-12-15-7-9-23-20(19(15)25-18)21(2,3)4/h5-6,8,11-12,20,23H,7,9-10H2,1-4H3. The lowest BCUT2D eigenvalue weighted by molar-refractivity contribution is 0.268. The van der Waals surface area contributed by atoms with E-state index in [1.165, 1.54) is 26.6 Å². The van der Waals surface area contributed by atoms with Crippen LogP contribution in [0.25, 0.3) is 11.6 Å². The largest absolute Gasteiger partial charge is 0.340 e. The highest BCUT2D eigenvalue weighted by Gasteiger charge is 2.32. The molecule has 0 fully saturated rings. The average Bonchev–Trinajstić information content (AvgIpc) is 2.98. The van der Waals surface area contributed by atoms with E-state index in [1.54, 1.807) is 0 Å². The molecule has 2 aromatic heterocycles. The number of hydrogen-bond donors (Lipinski definition) is 1. The van der Waals surface area contributed by atoms with Crippen molar-refractivity contribution in [3.63, 3.8) is 0 Å². The third-order valence-corrected chi connectivity index (χ3v) is 6.80. The minimum Gasteiger partial charge on any atom is -0.340 e. The normalized spacial score (nSPS) is 20.0. The summed E-state index contributed by atoms with van der Waals surface area (Å²) in [5.41, 5.74) is 5.39. The number of hydrogen-bond acceptors (Lipinski definition) is 2. The number of thiophene rings is 1. The van der Waals surface area contributed by atoms with Crippen molar-refractivity contribution in [1.82, 2.24) is 9.88 Å². The van der Waals surface area contributed by atoms with Crippen LogP contribution >= 0.6 is 22.9 Å². The van der Waals surface area contributed by atoms with Crippen molar-refractivity contribution >= 4 is 34.6 Å². The fourth-order valence-corrected chi connectivity index (χ4v) is 5.72. The summed E-state index contributed by atoms with van der Waals surface area (Å²) in [5.74, 6) is 0. The van der Waals surface area contributed by atoms with Gasteiger partial charge in [0.2, 0.25) is 0 Å². The lowest BCUT2D eigenvalue weighted by Gasteiger charge is -2.34. The van der Waals surface area contributed by atoms with E-state index in [0.29, 0.717) is 6.04 Å². The van der Waals surface area contributed by atoms with E-state index in [9.17, 15) is 0 Å². The third-order valence-electron chi connectivity index (χ3n) is 5.21. The van der Waals surface area contributed by atoms with Crippen LogP contribution in [0.3, 0.4) is 0 Å². The van der Waals surface area contributed by atoms with Gasteiger partial charge >= 0.3 is 0 Å². The van der Waals surface area contributed by atoms with Crippen LogP contribution in [0.1, 0.15) is 53.5 Å². The molecule has 0 aromatic carbocycles. The second-order valence-electron chi connectivity index (χ2n) is 8.13. The Balaban J connectivity index is 1.70. The average molecular weight is 373 g/mol. The smallest absolute Gasteiger partial charge is 0.0660 e. The minimum atomic E-state index is 0.230. The van der Waals surface area contributed by atoms with Gasteiger partial charge in [-0.25, -0.2) is 0 Å². The molecule has 4 heterocycles. The molecule has 132 valence electrons. The second kappa shape index (κ2) is 6.15. The Bertz CT molecular complexity index is 877. The molecule has 0 saturated heterocycles.